The van der Waals surface area contributed by atoms with Crippen LogP contribution >= 0.6 is 0 Å². The number of carbonyl (C=O) groups excluding carboxylic acids is 1. The van der Waals surface area contributed by atoms with Crippen LogP contribution in [0.1, 0.15) is 40.0 Å². The van der Waals surface area contributed by atoms with Crippen LogP contribution in [-0.4, -0.2) is 46.2 Å². The van der Waals surface area contributed by atoms with Gasteiger partial charge in [0.15, 0.2) is 0 Å². The standard InChI is InChI=1S/C17H28O5/c1-9-7-13(20)16(21)17(4)6-5-12(10(2)8-18)15(14(9)17)22-11(3)19/h10,12-16,18,20-21H,1,5-8H2,2-4H3/t10-,12+,13+,14?,15+,16-,17-/m1/s1. The molecule has 5 nitrogen and oxygen atoms in total. The Morgan fingerprint density at radius 1 is 1.50 bits per heavy atom. The van der Waals surface area contributed by atoms with Gasteiger partial charge >= 0.3 is 5.97 Å². The molecule has 0 amide bonds. The number of fused-ring (bicyclic) bond motifs is 1. The van der Waals surface area contributed by atoms with Crippen LogP contribution in [0.5, 0.6) is 0 Å². The summed E-state index contributed by atoms with van der Waals surface area (Å²) in [4.78, 5) is 11.6. The van der Waals surface area contributed by atoms with E-state index < -0.39 is 23.7 Å². The average Bonchev–Trinajstić information content (AvgIpc) is 2.43. The summed E-state index contributed by atoms with van der Waals surface area (Å²) in [5.41, 5.74) is 0.266. The fourth-order valence-electron chi connectivity index (χ4n) is 4.49. The molecule has 0 spiro atoms. The quantitative estimate of drug-likeness (QED) is 0.539. The number of ether oxygens (including phenoxy) is 1. The van der Waals surface area contributed by atoms with Gasteiger partial charge < -0.3 is 20.1 Å². The molecule has 2 rings (SSSR count). The lowest BCUT2D eigenvalue weighted by Crippen LogP contribution is -2.59. The highest BCUT2D eigenvalue weighted by Gasteiger charge is 2.57. The summed E-state index contributed by atoms with van der Waals surface area (Å²) in [6, 6.07) is 0. The number of aliphatic hydroxyl groups is 3. The molecule has 3 N–H and O–H groups in total. The zero-order valence-electron chi connectivity index (χ0n) is 13.7. The topological polar surface area (TPSA) is 87.0 Å². The molecular formula is C17H28O5. The van der Waals surface area contributed by atoms with Crippen molar-refractivity contribution in [3.8, 4) is 0 Å². The van der Waals surface area contributed by atoms with Crippen molar-refractivity contribution in [2.24, 2.45) is 23.2 Å². The van der Waals surface area contributed by atoms with Crippen LogP contribution in [0, 0.1) is 23.2 Å². The van der Waals surface area contributed by atoms with E-state index in [0.717, 1.165) is 12.0 Å². The van der Waals surface area contributed by atoms with E-state index >= 15 is 0 Å². The largest absolute Gasteiger partial charge is 0.462 e. The van der Waals surface area contributed by atoms with Crippen LogP contribution in [0.3, 0.4) is 0 Å². The van der Waals surface area contributed by atoms with Crippen molar-refractivity contribution in [3.05, 3.63) is 12.2 Å². The van der Waals surface area contributed by atoms with E-state index in [1.54, 1.807) is 0 Å². The average molecular weight is 312 g/mol. The minimum absolute atomic E-state index is 0.00527. The molecule has 2 saturated carbocycles. The second-order valence-corrected chi connectivity index (χ2v) is 7.29. The summed E-state index contributed by atoms with van der Waals surface area (Å²) in [5.74, 6) is -0.516. The first-order valence-corrected chi connectivity index (χ1v) is 8.04. The van der Waals surface area contributed by atoms with Crippen molar-refractivity contribution in [2.45, 2.75) is 58.3 Å². The Hall–Kier alpha value is -0.910. The molecule has 0 saturated heterocycles. The molecule has 0 bridgehead atoms. The summed E-state index contributed by atoms with van der Waals surface area (Å²) >= 11 is 0. The molecule has 0 aromatic carbocycles. The molecule has 5 heteroatoms. The first kappa shape index (κ1) is 17.4. The molecule has 22 heavy (non-hydrogen) atoms. The number of carbonyl (C=O) groups is 1. The molecule has 0 aliphatic heterocycles. The zero-order valence-corrected chi connectivity index (χ0v) is 13.7. The minimum Gasteiger partial charge on any atom is -0.462 e. The fraction of sp³-hybridized carbons (Fsp3) is 0.824. The predicted octanol–water partition coefficient (Wildman–Crippen LogP) is 1.26. The van der Waals surface area contributed by atoms with Gasteiger partial charge in [0, 0.05) is 30.8 Å². The Balaban J connectivity index is 2.39. The van der Waals surface area contributed by atoms with Crippen LogP contribution in [-0.2, 0) is 9.53 Å². The molecule has 0 heterocycles. The normalized spacial score (nSPS) is 43.4. The van der Waals surface area contributed by atoms with Crippen LogP contribution < -0.4 is 0 Å². The SMILES string of the molecule is C=C1C[C@H](O)[C@@H](O)[C@]2(C)CC[C@@H]([C@H](C)CO)[C@H](OC(C)=O)C12. The van der Waals surface area contributed by atoms with Gasteiger partial charge in [-0.3, -0.25) is 4.79 Å². The lowest BCUT2D eigenvalue weighted by molar-refractivity contribution is -0.185. The number of esters is 1. The van der Waals surface area contributed by atoms with Gasteiger partial charge in [-0.1, -0.05) is 26.0 Å². The smallest absolute Gasteiger partial charge is 0.302 e. The van der Waals surface area contributed by atoms with Crippen LogP contribution in [0.25, 0.3) is 0 Å². The molecule has 0 radical (unpaired) electrons. The van der Waals surface area contributed by atoms with Crippen LogP contribution in [0.15, 0.2) is 12.2 Å². The maximum atomic E-state index is 11.6. The predicted molar refractivity (Wildman–Crippen MR) is 81.9 cm³/mol. The lowest BCUT2D eigenvalue weighted by Gasteiger charge is -2.56. The maximum Gasteiger partial charge on any atom is 0.302 e. The molecule has 0 aromatic heterocycles. The van der Waals surface area contributed by atoms with Crippen LogP contribution in [0.2, 0.25) is 0 Å². The third kappa shape index (κ3) is 2.82. The van der Waals surface area contributed by atoms with Crippen molar-refractivity contribution in [1.82, 2.24) is 0 Å². The highest BCUT2D eigenvalue weighted by Crippen LogP contribution is 2.55. The summed E-state index contributed by atoms with van der Waals surface area (Å²) < 4.78 is 5.61. The minimum atomic E-state index is -0.855. The molecule has 126 valence electrons. The second-order valence-electron chi connectivity index (χ2n) is 7.29. The van der Waals surface area contributed by atoms with Gasteiger partial charge in [-0.05, 0) is 25.2 Å². The summed E-state index contributed by atoms with van der Waals surface area (Å²) in [5, 5.41) is 30.1. The number of rotatable bonds is 3. The number of hydrogen-bond donors (Lipinski definition) is 3. The van der Waals surface area contributed by atoms with Gasteiger partial charge in [0.05, 0.1) is 12.2 Å². The molecule has 0 aromatic rings. The van der Waals surface area contributed by atoms with Crippen molar-refractivity contribution in [1.29, 1.82) is 0 Å². The Labute approximate surface area is 132 Å². The highest BCUT2D eigenvalue weighted by atomic mass is 16.5. The van der Waals surface area contributed by atoms with E-state index in [4.69, 9.17) is 4.74 Å². The van der Waals surface area contributed by atoms with E-state index in [-0.39, 0.29) is 30.3 Å². The van der Waals surface area contributed by atoms with E-state index in [9.17, 15) is 20.1 Å². The molecule has 2 fully saturated rings. The Kier molecular flexibility index (Phi) is 5.00. The number of aliphatic hydroxyl groups excluding tert-OH is 3. The van der Waals surface area contributed by atoms with Crippen molar-refractivity contribution >= 4 is 5.97 Å². The van der Waals surface area contributed by atoms with Crippen LogP contribution in [0.4, 0.5) is 0 Å². The second kappa shape index (κ2) is 6.30. The molecular weight excluding hydrogens is 284 g/mol. The van der Waals surface area contributed by atoms with Crippen molar-refractivity contribution < 1.29 is 24.9 Å². The van der Waals surface area contributed by atoms with Gasteiger partial charge in [-0.15, -0.1) is 0 Å². The van der Waals surface area contributed by atoms with Gasteiger partial charge in [0.25, 0.3) is 0 Å². The number of hydrogen-bond acceptors (Lipinski definition) is 5. The van der Waals surface area contributed by atoms with Gasteiger partial charge in [-0.25, -0.2) is 0 Å². The third-order valence-corrected chi connectivity index (χ3v) is 5.75. The first-order chi connectivity index (χ1) is 10.2. The van der Waals surface area contributed by atoms with E-state index in [1.807, 2.05) is 13.8 Å². The summed E-state index contributed by atoms with van der Waals surface area (Å²) in [7, 11) is 0. The van der Waals surface area contributed by atoms with Gasteiger partial charge in [0.1, 0.15) is 6.10 Å². The van der Waals surface area contributed by atoms with E-state index in [2.05, 4.69) is 6.58 Å². The van der Waals surface area contributed by atoms with Gasteiger partial charge in [-0.2, -0.15) is 0 Å². The first-order valence-electron chi connectivity index (χ1n) is 8.04. The Morgan fingerprint density at radius 2 is 2.14 bits per heavy atom. The summed E-state index contributed by atoms with van der Waals surface area (Å²) in [6.45, 7) is 9.37. The summed E-state index contributed by atoms with van der Waals surface area (Å²) in [6.07, 6.45) is -0.316. The van der Waals surface area contributed by atoms with Crippen molar-refractivity contribution in [2.75, 3.05) is 6.61 Å². The highest BCUT2D eigenvalue weighted by molar-refractivity contribution is 5.66. The van der Waals surface area contributed by atoms with E-state index in [0.29, 0.717) is 12.8 Å². The molecule has 7 atom stereocenters. The van der Waals surface area contributed by atoms with E-state index in [1.165, 1.54) is 6.92 Å². The fourth-order valence-corrected chi connectivity index (χ4v) is 4.49. The molecule has 2 aliphatic carbocycles. The monoisotopic (exact) mass is 312 g/mol. The Bertz CT molecular complexity index is 448. The molecule has 2 aliphatic rings. The third-order valence-electron chi connectivity index (χ3n) is 5.75. The van der Waals surface area contributed by atoms with Gasteiger partial charge in [0.2, 0.25) is 0 Å². The van der Waals surface area contributed by atoms with Crippen molar-refractivity contribution in [3.63, 3.8) is 0 Å². The molecule has 1 unspecified atom stereocenters. The zero-order chi connectivity index (χ0) is 16.7. The lowest BCUT2D eigenvalue weighted by atomic mass is 9.52. The maximum absolute atomic E-state index is 11.6. The Morgan fingerprint density at radius 3 is 2.68 bits per heavy atom.